The Morgan fingerprint density at radius 2 is 2.10 bits per heavy atom. The SMILES string of the molecule is CC1CCCN(S(=O)(=O)c2ccc3c(c2)CCC(=O)N3)C1. The number of nitrogens with one attached hydrogen (secondary N) is 1. The van der Waals surface area contributed by atoms with Gasteiger partial charge in [0.25, 0.3) is 0 Å². The van der Waals surface area contributed by atoms with E-state index in [-0.39, 0.29) is 5.91 Å². The van der Waals surface area contributed by atoms with Gasteiger partial charge in [-0.15, -0.1) is 0 Å². The van der Waals surface area contributed by atoms with Crippen LogP contribution >= 0.6 is 0 Å². The topological polar surface area (TPSA) is 66.5 Å². The van der Waals surface area contributed by atoms with E-state index in [0.717, 1.165) is 24.1 Å². The minimum atomic E-state index is -3.42. The molecule has 0 aliphatic carbocycles. The number of anilines is 1. The van der Waals surface area contributed by atoms with Gasteiger partial charge in [-0.25, -0.2) is 8.42 Å². The fourth-order valence-electron chi connectivity index (χ4n) is 3.03. The van der Waals surface area contributed by atoms with Crippen molar-refractivity contribution < 1.29 is 13.2 Å². The maximum Gasteiger partial charge on any atom is 0.243 e. The summed E-state index contributed by atoms with van der Waals surface area (Å²) in [5.74, 6) is 0.397. The molecule has 1 fully saturated rings. The summed E-state index contributed by atoms with van der Waals surface area (Å²) in [6, 6.07) is 5.01. The molecule has 2 aliphatic rings. The van der Waals surface area contributed by atoms with Crippen molar-refractivity contribution in [3.8, 4) is 0 Å². The predicted octanol–water partition coefficient (Wildman–Crippen LogP) is 1.99. The van der Waals surface area contributed by atoms with Crippen LogP contribution < -0.4 is 5.32 Å². The van der Waals surface area contributed by atoms with Gasteiger partial charge in [0.15, 0.2) is 0 Å². The molecule has 114 valence electrons. The Morgan fingerprint density at radius 1 is 1.29 bits per heavy atom. The van der Waals surface area contributed by atoms with Gasteiger partial charge in [-0.2, -0.15) is 4.31 Å². The number of amides is 1. The molecule has 0 spiro atoms. The number of carbonyl (C=O) groups excluding carboxylic acids is 1. The maximum atomic E-state index is 12.7. The molecule has 0 radical (unpaired) electrons. The maximum absolute atomic E-state index is 12.7. The fourth-order valence-corrected chi connectivity index (χ4v) is 4.68. The van der Waals surface area contributed by atoms with E-state index in [9.17, 15) is 13.2 Å². The Morgan fingerprint density at radius 3 is 2.86 bits per heavy atom. The molecule has 1 aromatic rings. The van der Waals surface area contributed by atoms with Crippen LogP contribution in [0.25, 0.3) is 0 Å². The van der Waals surface area contributed by atoms with Crippen LogP contribution in [0.3, 0.4) is 0 Å². The van der Waals surface area contributed by atoms with Crippen LogP contribution in [0.15, 0.2) is 23.1 Å². The minimum Gasteiger partial charge on any atom is -0.326 e. The van der Waals surface area contributed by atoms with E-state index >= 15 is 0 Å². The van der Waals surface area contributed by atoms with Crippen LogP contribution in [-0.4, -0.2) is 31.7 Å². The monoisotopic (exact) mass is 308 g/mol. The van der Waals surface area contributed by atoms with E-state index in [2.05, 4.69) is 12.2 Å². The Balaban J connectivity index is 1.91. The predicted molar refractivity (Wildman–Crippen MR) is 80.5 cm³/mol. The summed E-state index contributed by atoms with van der Waals surface area (Å²) in [7, 11) is -3.42. The van der Waals surface area contributed by atoms with Gasteiger partial charge < -0.3 is 5.32 Å². The standard InChI is InChI=1S/C15H20N2O3S/c1-11-3-2-8-17(10-11)21(19,20)13-5-6-14-12(9-13)4-7-15(18)16-14/h5-6,9,11H,2-4,7-8,10H2,1H3,(H,16,18). The summed E-state index contributed by atoms with van der Waals surface area (Å²) in [5.41, 5.74) is 1.64. The highest BCUT2D eigenvalue weighted by Gasteiger charge is 2.29. The first-order valence-electron chi connectivity index (χ1n) is 7.40. The van der Waals surface area contributed by atoms with Crippen LogP contribution in [0.2, 0.25) is 0 Å². The average Bonchev–Trinajstić information content (AvgIpc) is 2.46. The number of carbonyl (C=O) groups is 1. The average molecular weight is 308 g/mol. The molecule has 1 amide bonds. The first-order chi connectivity index (χ1) is 9.96. The van der Waals surface area contributed by atoms with Gasteiger partial charge in [0.1, 0.15) is 0 Å². The number of nitrogens with zero attached hydrogens (tertiary/aromatic N) is 1. The van der Waals surface area contributed by atoms with Crippen molar-refractivity contribution in [1.82, 2.24) is 4.31 Å². The lowest BCUT2D eigenvalue weighted by Gasteiger charge is -2.30. The molecular weight excluding hydrogens is 288 g/mol. The van der Waals surface area contributed by atoms with Gasteiger partial charge in [0, 0.05) is 25.2 Å². The number of hydrogen-bond acceptors (Lipinski definition) is 3. The third-order valence-corrected chi connectivity index (χ3v) is 6.09. The third-order valence-electron chi connectivity index (χ3n) is 4.23. The molecule has 0 aromatic heterocycles. The van der Waals surface area contributed by atoms with E-state index < -0.39 is 10.0 Å². The zero-order valence-electron chi connectivity index (χ0n) is 12.1. The Kier molecular flexibility index (Phi) is 3.75. The number of rotatable bonds is 2. The molecule has 1 saturated heterocycles. The van der Waals surface area contributed by atoms with Crippen molar-refractivity contribution in [1.29, 1.82) is 0 Å². The smallest absolute Gasteiger partial charge is 0.243 e. The van der Waals surface area contributed by atoms with Gasteiger partial charge in [-0.05, 0) is 48.9 Å². The zero-order chi connectivity index (χ0) is 15.0. The van der Waals surface area contributed by atoms with Gasteiger partial charge in [0.05, 0.1) is 4.90 Å². The van der Waals surface area contributed by atoms with Gasteiger partial charge in [0.2, 0.25) is 15.9 Å². The Bertz CT molecular complexity index is 669. The van der Waals surface area contributed by atoms with Crippen molar-refractivity contribution in [2.75, 3.05) is 18.4 Å². The molecule has 2 heterocycles. The molecule has 1 aromatic carbocycles. The number of aryl methyl sites for hydroxylation is 1. The van der Waals surface area contributed by atoms with Gasteiger partial charge in [-0.3, -0.25) is 4.79 Å². The van der Waals surface area contributed by atoms with E-state index in [4.69, 9.17) is 0 Å². The summed E-state index contributed by atoms with van der Waals surface area (Å²) in [6.45, 7) is 3.28. The van der Waals surface area contributed by atoms with Gasteiger partial charge in [-0.1, -0.05) is 6.92 Å². The van der Waals surface area contributed by atoms with Crippen LogP contribution in [0.5, 0.6) is 0 Å². The second-order valence-electron chi connectivity index (χ2n) is 5.98. The van der Waals surface area contributed by atoms with Crippen molar-refractivity contribution in [2.45, 2.75) is 37.5 Å². The summed E-state index contributed by atoms with van der Waals surface area (Å²) in [5, 5.41) is 2.78. The summed E-state index contributed by atoms with van der Waals surface area (Å²) in [6.07, 6.45) is 3.02. The summed E-state index contributed by atoms with van der Waals surface area (Å²) < 4.78 is 27.0. The molecule has 2 aliphatic heterocycles. The van der Waals surface area contributed by atoms with Crippen molar-refractivity contribution in [3.63, 3.8) is 0 Å². The largest absolute Gasteiger partial charge is 0.326 e. The van der Waals surface area contributed by atoms with Gasteiger partial charge >= 0.3 is 0 Å². The van der Waals surface area contributed by atoms with Crippen LogP contribution in [-0.2, 0) is 21.2 Å². The van der Waals surface area contributed by atoms with E-state index in [1.54, 1.807) is 22.5 Å². The highest BCUT2D eigenvalue weighted by molar-refractivity contribution is 7.89. The molecule has 1 N–H and O–H groups in total. The molecular formula is C15H20N2O3S. The number of benzene rings is 1. The number of piperidine rings is 1. The summed E-state index contributed by atoms with van der Waals surface area (Å²) in [4.78, 5) is 11.7. The quantitative estimate of drug-likeness (QED) is 0.908. The summed E-state index contributed by atoms with van der Waals surface area (Å²) >= 11 is 0. The first kappa shape index (κ1) is 14.5. The number of hydrogen-bond donors (Lipinski definition) is 1. The molecule has 6 heteroatoms. The highest BCUT2D eigenvalue weighted by atomic mass is 32.2. The Hall–Kier alpha value is -1.40. The minimum absolute atomic E-state index is 0.0111. The molecule has 0 bridgehead atoms. The van der Waals surface area contributed by atoms with E-state index in [0.29, 0.717) is 36.7 Å². The fraction of sp³-hybridized carbons (Fsp3) is 0.533. The van der Waals surface area contributed by atoms with Crippen molar-refractivity contribution >= 4 is 21.6 Å². The first-order valence-corrected chi connectivity index (χ1v) is 8.84. The molecule has 21 heavy (non-hydrogen) atoms. The molecule has 0 saturated carbocycles. The van der Waals surface area contributed by atoms with Crippen LogP contribution in [0.1, 0.15) is 31.7 Å². The van der Waals surface area contributed by atoms with Crippen LogP contribution in [0.4, 0.5) is 5.69 Å². The molecule has 1 unspecified atom stereocenters. The number of sulfonamides is 1. The normalized spacial score (nSPS) is 23.5. The van der Waals surface area contributed by atoms with E-state index in [1.165, 1.54) is 0 Å². The van der Waals surface area contributed by atoms with Crippen LogP contribution in [0, 0.1) is 5.92 Å². The van der Waals surface area contributed by atoms with E-state index in [1.807, 2.05) is 0 Å². The lowest BCUT2D eigenvalue weighted by Crippen LogP contribution is -2.39. The highest BCUT2D eigenvalue weighted by Crippen LogP contribution is 2.28. The number of fused-ring (bicyclic) bond motifs is 1. The lowest BCUT2D eigenvalue weighted by molar-refractivity contribution is -0.116. The lowest BCUT2D eigenvalue weighted by atomic mass is 10.0. The Labute approximate surface area is 125 Å². The van der Waals surface area contributed by atoms with Crippen molar-refractivity contribution in [3.05, 3.63) is 23.8 Å². The molecule has 1 atom stereocenters. The second-order valence-corrected chi connectivity index (χ2v) is 7.92. The molecule has 3 rings (SSSR count). The third kappa shape index (κ3) is 2.82. The molecule has 5 nitrogen and oxygen atoms in total. The van der Waals surface area contributed by atoms with Crippen molar-refractivity contribution in [2.24, 2.45) is 5.92 Å². The zero-order valence-corrected chi connectivity index (χ0v) is 12.9. The second kappa shape index (κ2) is 5.42.